The number of rotatable bonds is 3. The van der Waals surface area contributed by atoms with Crippen LogP contribution in [0, 0.1) is 5.92 Å². The first-order valence-electron chi connectivity index (χ1n) is 7.90. The van der Waals surface area contributed by atoms with Crippen molar-refractivity contribution in [2.75, 3.05) is 19.8 Å². The van der Waals surface area contributed by atoms with Gasteiger partial charge in [-0.25, -0.2) is 0 Å². The highest BCUT2D eigenvalue weighted by atomic mass is 16.5. The van der Waals surface area contributed by atoms with E-state index >= 15 is 0 Å². The lowest BCUT2D eigenvalue weighted by Crippen LogP contribution is -2.43. The summed E-state index contributed by atoms with van der Waals surface area (Å²) in [6.45, 7) is 2.07. The van der Waals surface area contributed by atoms with Crippen molar-refractivity contribution in [1.29, 1.82) is 0 Å². The predicted octanol–water partition coefficient (Wildman–Crippen LogP) is 0.989. The number of likely N-dealkylation sites (tertiary alicyclic amines) is 1. The van der Waals surface area contributed by atoms with Gasteiger partial charge in [-0.2, -0.15) is 5.10 Å². The summed E-state index contributed by atoms with van der Waals surface area (Å²) in [7, 11) is 0. The largest absolute Gasteiger partial charge is 0.381 e. The van der Waals surface area contributed by atoms with Crippen LogP contribution in [0.2, 0.25) is 0 Å². The maximum atomic E-state index is 12.8. The molecule has 0 aliphatic carbocycles. The molecule has 2 fully saturated rings. The molecule has 2 saturated heterocycles. The number of carbonyl (C=O) groups excluding carboxylic acids is 2. The molecular weight excluding hydrogens is 284 g/mol. The van der Waals surface area contributed by atoms with Gasteiger partial charge >= 0.3 is 0 Å². The summed E-state index contributed by atoms with van der Waals surface area (Å²) in [6.07, 6.45) is 4.54. The Morgan fingerprint density at radius 3 is 2.73 bits per heavy atom. The average Bonchev–Trinajstić information content (AvgIpc) is 3.05. The highest BCUT2D eigenvalue weighted by molar-refractivity contribution is 5.90. The van der Waals surface area contributed by atoms with E-state index in [1.165, 1.54) is 0 Å². The third-order valence-electron chi connectivity index (χ3n) is 4.57. The molecule has 3 heterocycles. The fraction of sp³-hybridized carbons (Fsp3) is 0.667. The molecule has 1 atom stereocenters. The van der Waals surface area contributed by atoms with E-state index in [9.17, 15) is 9.59 Å². The van der Waals surface area contributed by atoms with Crippen molar-refractivity contribution in [1.82, 2.24) is 15.1 Å². The third kappa shape index (κ3) is 2.99. The Kier molecular flexibility index (Phi) is 4.42. The first-order chi connectivity index (χ1) is 10.7. The van der Waals surface area contributed by atoms with Gasteiger partial charge in [0, 0.05) is 25.7 Å². The Hall–Kier alpha value is -1.89. The molecule has 120 valence electrons. The molecule has 3 N–H and O–H groups in total. The van der Waals surface area contributed by atoms with E-state index in [0.29, 0.717) is 13.2 Å². The number of aromatic amines is 1. The number of primary amides is 1. The van der Waals surface area contributed by atoms with Gasteiger partial charge in [-0.15, -0.1) is 0 Å². The van der Waals surface area contributed by atoms with Gasteiger partial charge in [-0.1, -0.05) is 0 Å². The van der Waals surface area contributed by atoms with Crippen LogP contribution in [0.5, 0.6) is 0 Å². The molecule has 1 aromatic rings. The summed E-state index contributed by atoms with van der Waals surface area (Å²) in [4.78, 5) is 26.0. The third-order valence-corrected chi connectivity index (χ3v) is 4.57. The van der Waals surface area contributed by atoms with Gasteiger partial charge in [0.15, 0.2) is 0 Å². The van der Waals surface area contributed by atoms with Crippen molar-refractivity contribution in [2.45, 2.75) is 38.1 Å². The van der Waals surface area contributed by atoms with E-state index in [1.54, 1.807) is 6.07 Å². The van der Waals surface area contributed by atoms with Gasteiger partial charge in [-0.3, -0.25) is 14.7 Å². The van der Waals surface area contributed by atoms with Crippen LogP contribution in [0.15, 0.2) is 6.07 Å². The van der Waals surface area contributed by atoms with Crippen LogP contribution in [0.1, 0.15) is 54.3 Å². The summed E-state index contributed by atoms with van der Waals surface area (Å²) >= 11 is 0. The second-order valence-electron chi connectivity index (χ2n) is 6.00. The number of ether oxygens (including phenoxy) is 1. The molecule has 7 heteroatoms. The minimum Gasteiger partial charge on any atom is -0.381 e. The molecule has 1 unspecified atom stereocenters. The fourth-order valence-corrected chi connectivity index (χ4v) is 3.33. The van der Waals surface area contributed by atoms with Crippen molar-refractivity contribution in [3.05, 3.63) is 17.5 Å². The summed E-state index contributed by atoms with van der Waals surface area (Å²) in [6, 6.07) is 1.63. The number of carbonyl (C=O) groups is 2. The molecule has 0 aromatic carbocycles. The quantitative estimate of drug-likeness (QED) is 0.869. The molecule has 7 nitrogen and oxygen atoms in total. The lowest BCUT2D eigenvalue weighted by atomic mass is 9.93. The second-order valence-corrected chi connectivity index (χ2v) is 6.00. The zero-order chi connectivity index (χ0) is 15.5. The zero-order valence-electron chi connectivity index (χ0n) is 12.6. The smallest absolute Gasteiger partial charge is 0.269 e. The first-order valence-corrected chi connectivity index (χ1v) is 7.90. The number of aromatic nitrogens is 2. The van der Waals surface area contributed by atoms with Crippen LogP contribution in [-0.2, 0) is 9.53 Å². The summed E-state index contributed by atoms with van der Waals surface area (Å²) in [5.41, 5.74) is 6.27. The Balaban J connectivity index is 1.77. The van der Waals surface area contributed by atoms with Crippen LogP contribution >= 0.6 is 0 Å². The average molecular weight is 306 g/mol. The standard InChI is InChI=1S/C15H22N4O3/c16-14(20)12-9-11(17-18-12)13-3-1-2-6-19(13)15(21)10-4-7-22-8-5-10/h9-10,13H,1-8H2,(H2,16,20)(H,17,18). The van der Waals surface area contributed by atoms with E-state index in [-0.39, 0.29) is 23.6 Å². The van der Waals surface area contributed by atoms with Crippen LogP contribution < -0.4 is 5.73 Å². The van der Waals surface area contributed by atoms with Crippen LogP contribution in [0.3, 0.4) is 0 Å². The second kappa shape index (κ2) is 6.48. The minimum absolute atomic E-state index is 0.0373. The molecule has 0 radical (unpaired) electrons. The first kappa shape index (κ1) is 15.0. The molecular formula is C15H22N4O3. The monoisotopic (exact) mass is 306 g/mol. The van der Waals surface area contributed by atoms with Crippen LogP contribution in [-0.4, -0.2) is 46.7 Å². The van der Waals surface area contributed by atoms with E-state index in [2.05, 4.69) is 10.2 Å². The Morgan fingerprint density at radius 2 is 2.05 bits per heavy atom. The van der Waals surface area contributed by atoms with E-state index in [1.807, 2.05) is 4.90 Å². The normalized spacial score (nSPS) is 23.5. The van der Waals surface area contributed by atoms with E-state index in [4.69, 9.17) is 10.5 Å². The van der Waals surface area contributed by atoms with E-state index in [0.717, 1.165) is 44.3 Å². The zero-order valence-corrected chi connectivity index (χ0v) is 12.6. The van der Waals surface area contributed by atoms with Crippen LogP contribution in [0.4, 0.5) is 0 Å². The molecule has 2 aliphatic heterocycles. The SMILES string of the molecule is NC(=O)c1cc(C2CCCCN2C(=O)C2CCOCC2)[nH]n1. The highest BCUT2D eigenvalue weighted by Gasteiger charge is 2.34. The van der Waals surface area contributed by atoms with Gasteiger partial charge in [-0.05, 0) is 38.2 Å². The van der Waals surface area contributed by atoms with Gasteiger partial charge in [0.2, 0.25) is 5.91 Å². The fourth-order valence-electron chi connectivity index (χ4n) is 3.33. The number of nitrogens with two attached hydrogens (primary N) is 1. The number of hydrogen-bond donors (Lipinski definition) is 2. The predicted molar refractivity (Wildman–Crippen MR) is 79.0 cm³/mol. The van der Waals surface area contributed by atoms with Crippen LogP contribution in [0.25, 0.3) is 0 Å². The summed E-state index contributed by atoms with van der Waals surface area (Å²) < 4.78 is 5.34. The highest BCUT2D eigenvalue weighted by Crippen LogP contribution is 2.32. The number of amides is 2. The van der Waals surface area contributed by atoms with Crippen molar-refractivity contribution in [3.8, 4) is 0 Å². The Bertz CT molecular complexity index is 551. The maximum absolute atomic E-state index is 12.8. The van der Waals surface area contributed by atoms with Gasteiger partial charge < -0.3 is 15.4 Å². The molecule has 2 amide bonds. The molecule has 2 aliphatic rings. The van der Waals surface area contributed by atoms with E-state index < -0.39 is 5.91 Å². The molecule has 0 saturated carbocycles. The number of nitrogens with zero attached hydrogens (tertiary/aromatic N) is 2. The minimum atomic E-state index is -0.555. The van der Waals surface area contributed by atoms with Gasteiger partial charge in [0.1, 0.15) is 5.69 Å². The lowest BCUT2D eigenvalue weighted by molar-refractivity contribution is -0.142. The number of H-pyrrole nitrogens is 1. The molecule has 0 spiro atoms. The maximum Gasteiger partial charge on any atom is 0.269 e. The van der Waals surface area contributed by atoms with Crippen molar-refractivity contribution >= 4 is 11.8 Å². The molecule has 22 heavy (non-hydrogen) atoms. The Labute approximate surface area is 129 Å². The van der Waals surface area contributed by atoms with Crippen molar-refractivity contribution in [2.24, 2.45) is 11.7 Å². The molecule has 3 rings (SSSR count). The number of hydrogen-bond acceptors (Lipinski definition) is 4. The topological polar surface area (TPSA) is 101 Å². The number of nitrogens with one attached hydrogen (secondary N) is 1. The number of piperidine rings is 1. The lowest BCUT2D eigenvalue weighted by Gasteiger charge is -2.38. The Morgan fingerprint density at radius 1 is 1.27 bits per heavy atom. The van der Waals surface area contributed by atoms with Crippen molar-refractivity contribution < 1.29 is 14.3 Å². The molecule has 0 bridgehead atoms. The summed E-state index contributed by atoms with van der Waals surface area (Å²) in [5.74, 6) is -0.309. The summed E-state index contributed by atoms with van der Waals surface area (Å²) in [5, 5.41) is 6.81. The van der Waals surface area contributed by atoms with Gasteiger partial charge in [0.25, 0.3) is 5.91 Å². The molecule has 1 aromatic heterocycles. The van der Waals surface area contributed by atoms with Crippen molar-refractivity contribution in [3.63, 3.8) is 0 Å². The van der Waals surface area contributed by atoms with Gasteiger partial charge in [0.05, 0.1) is 11.7 Å².